The fraction of sp³-hybridized carbons (Fsp3) is 0.786. The zero-order valence-corrected chi connectivity index (χ0v) is 11.0. The first-order valence-electron chi connectivity index (χ1n) is 6.32. The Kier molecular flexibility index (Phi) is 2.57. The van der Waals surface area contributed by atoms with Crippen molar-refractivity contribution < 1.29 is 14.4 Å². The Labute approximate surface area is 102 Å². The Morgan fingerprint density at radius 2 is 1.53 bits per heavy atom. The molecule has 0 amide bonds. The zero-order valence-electron chi connectivity index (χ0n) is 11.0. The molecule has 0 heterocycles. The molecule has 0 aliphatic heterocycles. The normalized spacial score (nSPS) is 30.9. The molecular formula is C14H20O3. The Morgan fingerprint density at radius 1 is 1.06 bits per heavy atom. The summed E-state index contributed by atoms with van der Waals surface area (Å²) in [6.07, 6.45) is 1.17. The molecule has 2 fully saturated rings. The summed E-state index contributed by atoms with van der Waals surface area (Å²) in [4.78, 5) is 36.5. The highest BCUT2D eigenvalue weighted by Gasteiger charge is 2.65. The molecule has 1 unspecified atom stereocenters. The highest BCUT2D eigenvalue weighted by molar-refractivity contribution is 6.29. The smallest absolute Gasteiger partial charge is 0.157 e. The van der Waals surface area contributed by atoms with Crippen LogP contribution in [0.1, 0.15) is 47.0 Å². The van der Waals surface area contributed by atoms with E-state index in [-0.39, 0.29) is 34.6 Å². The van der Waals surface area contributed by atoms with Crippen molar-refractivity contribution >= 4 is 17.3 Å². The Balaban J connectivity index is 2.27. The lowest BCUT2D eigenvalue weighted by Gasteiger charge is -2.49. The highest BCUT2D eigenvalue weighted by Crippen LogP contribution is 2.53. The minimum Gasteiger partial charge on any atom is -0.298 e. The first kappa shape index (κ1) is 12.5. The number of Topliss-reactive ketones (excluding diaryl/α,β-unsaturated/α-hetero) is 3. The van der Waals surface area contributed by atoms with Crippen molar-refractivity contribution in [3.8, 4) is 0 Å². The molecule has 2 rings (SSSR count). The zero-order chi connectivity index (χ0) is 13.0. The van der Waals surface area contributed by atoms with Gasteiger partial charge in [0, 0.05) is 18.8 Å². The van der Waals surface area contributed by atoms with Crippen LogP contribution in [0.4, 0.5) is 0 Å². The van der Waals surface area contributed by atoms with Gasteiger partial charge >= 0.3 is 0 Å². The van der Waals surface area contributed by atoms with E-state index >= 15 is 0 Å². The molecule has 0 aromatic carbocycles. The van der Waals surface area contributed by atoms with Gasteiger partial charge in [-0.3, -0.25) is 14.4 Å². The summed E-state index contributed by atoms with van der Waals surface area (Å²) >= 11 is 0. The Morgan fingerprint density at radius 3 is 1.88 bits per heavy atom. The highest BCUT2D eigenvalue weighted by atomic mass is 16.2. The maximum atomic E-state index is 12.2. The summed E-state index contributed by atoms with van der Waals surface area (Å²) < 4.78 is 0. The van der Waals surface area contributed by atoms with Crippen molar-refractivity contribution in [2.45, 2.75) is 47.0 Å². The molecule has 2 aliphatic carbocycles. The second kappa shape index (κ2) is 3.50. The number of hydrogen-bond donors (Lipinski definition) is 0. The molecular weight excluding hydrogens is 216 g/mol. The van der Waals surface area contributed by atoms with Crippen LogP contribution in [-0.2, 0) is 14.4 Å². The van der Waals surface area contributed by atoms with Crippen molar-refractivity contribution in [1.29, 1.82) is 0 Å². The van der Waals surface area contributed by atoms with Gasteiger partial charge in [-0.25, -0.2) is 0 Å². The van der Waals surface area contributed by atoms with Crippen molar-refractivity contribution in [1.82, 2.24) is 0 Å². The maximum absolute atomic E-state index is 12.2. The largest absolute Gasteiger partial charge is 0.298 e. The molecule has 1 spiro atoms. The summed E-state index contributed by atoms with van der Waals surface area (Å²) in [6, 6.07) is 0. The summed E-state index contributed by atoms with van der Waals surface area (Å²) in [5, 5.41) is 0. The standard InChI is InChI=1S/C14H20O3/c1-8(2)9-5-14(12(9)17)10(15)6-13(3,4)7-11(14)16/h8-9H,5-7H2,1-4H3. The van der Waals surface area contributed by atoms with Gasteiger partial charge in [-0.05, 0) is 17.8 Å². The molecule has 0 aromatic heterocycles. The predicted octanol–water partition coefficient (Wildman–Crippen LogP) is 2.18. The van der Waals surface area contributed by atoms with Crippen LogP contribution in [0, 0.1) is 22.7 Å². The van der Waals surface area contributed by atoms with Gasteiger partial charge < -0.3 is 0 Å². The van der Waals surface area contributed by atoms with Crippen LogP contribution < -0.4 is 0 Å². The van der Waals surface area contributed by atoms with Crippen LogP contribution in [0.15, 0.2) is 0 Å². The van der Waals surface area contributed by atoms with Gasteiger partial charge in [0.05, 0.1) is 0 Å². The van der Waals surface area contributed by atoms with Crippen molar-refractivity contribution in [3.05, 3.63) is 0 Å². The predicted molar refractivity (Wildman–Crippen MR) is 63.4 cm³/mol. The summed E-state index contributed by atoms with van der Waals surface area (Å²) in [6.45, 7) is 7.77. The van der Waals surface area contributed by atoms with Gasteiger partial charge in [0.1, 0.15) is 5.41 Å². The van der Waals surface area contributed by atoms with Gasteiger partial charge in [-0.1, -0.05) is 27.7 Å². The molecule has 0 bridgehead atoms. The SMILES string of the molecule is CC(C)C1CC2(C(=O)CC(C)(C)CC2=O)C1=O. The van der Waals surface area contributed by atoms with E-state index in [0.717, 1.165) is 0 Å². The first-order valence-corrected chi connectivity index (χ1v) is 6.32. The van der Waals surface area contributed by atoms with E-state index in [2.05, 4.69) is 0 Å². The summed E-state index contributed by atoms with van der Waals surface area (Å²) in [5.74, 6) is -0.257. The average molecular weight is 236 g/mol. The van der Waals surface area contributed by atoms with E-state index < -0.39 is 5.41 Å². The van der Waals surface area contributed by atoms with E-state index in [1.165, 1.54) is 0 Å². The van der Waals surface area contributed by atoms with Crippen molar-refractivity contribution in [3.63, 3.8) is 0 Å². The third-order valence-electron chi connectivity index (χ3n) is 4.32. The average Bonchev–Trinajstić information content (AvgIpc) is 2.11. The quantitative estimate of drug-likeness (QED) is 0.656. The van der Waals surface area contributed by atoms with Crippen LogP contribution in [-0.4, -0.2) is 17.3 Å². The minimum absolute atomic E-state index is 0.0934. The molecule has 94 valence electrons. The fourth-order valence-electron chi connectivity index (χ4n) is 3.14. The van der Waals surface area contributed by atoms with Crippen molar-refractivity contribution in [2.24, 2.45) is 22.7 Å². The lowest BCUT2D eigenvalue weighted by molar-refractivity contribution is -0.168. The lowest BCUT2D eigenvalue weighted by Crippen LogP contribution is -2.63. The minimum atomic E-state index is -1.23. The van der Waals surface area contributed by atoms with Crippen LogP contribution >= 0.6 is 0 Å². The molecule has 17 heavy (non-hydrogen) atoms. The molecule has 2 saturated carbocycles. The number of hydrogen-bond acceptors (Lipinski definition) is 3. The van der Waals surface area contributed by atoms with Gasteiger partial charge in [0.15, 0.2) is 17.3 Å². The number of carbonyl (C=O) groups is 3. The van der Waals surface area contributed by atoms with Crippen molar-refractivity contribution in [2.75, 3.05) is 0 Å². The van der Waals surface area contributed by atoms with E-state index in [9.17, 15) is 14.4 Å². The van der Waals surface area contributed by atoms with Gasteiger partial charge in [-0.2, -0.15) is 0 Å². The molecule has 0 radical (unpaired) electrons. The lowest BCUT2D eigenvalue weighted by atomic mass is 9.49. The van der Waals surface area contributed by atoms with E-state index in [1.54, 1.807) is 0 Å². The maximum Gasteiger partial charge on any atom is 0.157 e. The van der Waals surface area contributed by atoms with E-state index in [1.807, 2.05) is 27.7 Å². The van der Waals surface area contributed by atoms with Gasteiger partial charge in [0.2, 0.25) is 0 Å². The number of ketones is 3. The number of carbonyl (C=O) groups excluding carboxylic acids is 3. The second-order valence-electron chi connectivity index (χ2n) is 6.69. The second-order valence-corrected chi connectivity index (χ2v) is 6.69. The summed E-state index contributed by atoms with van der Waals surface area (Å²) in [5.41, 5.74) is -1.51. The van der Waals surface area contributed by atoms with E-state index in [0.29, 0.717) is 19.3 Å². The monoisotopic (exact) mass is 236 g/mol. The van der Waals surface area contributed by atoms with Crippen LogP contribution in [0.3, 0.4) is 0 Å². The van der Waals surface area contributed by atoms with Gasteiger partial charge in [-0.15, -0.1) is 0 Å². The first-order chi connectivity index (χ1) is 7.70. The third-order valence-corrected chi connectivity index (χ3v) is 4.32. The van der Waals surface area contributed by atoms with Crippen LogP contribution in [0.25, 0.3) is 0 Å². The molecule has 0 saturated heterocycles. The van der Waals surface area contributed by atoms with E-state index in [4.69, 9.17) is 0 Å². The molecule has 0 N–H and O–H groups in total. The molecule has 3 nitrogen and oxygen atoms in total. The number of rotatable bonds is 1. The molecule has 2 aliphatic rings. The molecule has 0 aromatic rings. The van der Waals surface area contributed by atoms with Gasteiger partial charge in [0.25, 0.3) is 0 Å². The topological polar surface area (TPSA) is 51.2 Å². The van der Waals surface area contributed by atoms with Crippen LogP contribution in [0.5, 0.6) is 0 Å². The molecule has 1 atom stereocenters. The van der Waals surface area contributed by atoms with Crippen LogP contribution in [0.2, 0.25) is 0 Å². The Bertz CT molecular complexity index is 370. The summed E-state index contributed by atoms with van der Waals surface area (Å²) in [7, 11) is 0. The molecule has 3 heteroatoms. The Hall–Kier alpha value is -0.990. The third kappa shape index (κ3) is 1.59. The fourth-order valence-corrected chi connectivity index (χ4v) is 3.14.